The number of aliphatic carboxylic acids is 1. The summed E-state index contributed by atoms with van der Waals surface area (Å²) in [6.45, 7) is 4.85. The standard InChI is InChI=1S/C38H52FN9O8/c1-23(2)21-30(46-33(51)28(40)11-7-19-43-37(41)42)34(52)45-29(36(54)55)12-8-20-44-38(56)47-35(53)31(22-26-13-16-27(39)17-14-26)48(24(3)49)32(50)18-15-25-9-5-4-6-10-25/h4-6,9-10,13-18,23,28-31H,7-8,11-12,19-22,40H2,1-3H3,(H,45,52)(H,46,51)(H,54,55)(H4,41,42,43)(H2,44,47,53,56)/b18-15+/t28-,29-,30-,31-/m0/s1. The zero-order chi connectivity index (χ0) is 41.8. The maximum atomic E-state index is 13.6. The highest BCUT2D eigenvalue weighted by Gasteiger charge is 2.33. The van der Waals surface area contributed by atoms with Crippen molar-refractivity contribution >= 4 is 53.6 Å². The fourth-order valence-electron chi connectivity index (χ4n) is 5.39. The van der Waals surface area contributed by atoms with E-state index in [9.17, 15) is 43.1 Å². The van der Waals surface area contributed by atoms with Gasteiger partial charge in [0.1, 0.15) is 23.9 Å². The van der Waals surface area contributed by atoms with Crippen LogP contribution in [0.5, 0.6) is 0 Å². The zero-order valence-electron chi connectivity index (χ0n) is 31.7. The summed E-state index contributed by atoms with van der Waals surface area (Å²) >= 11 is 0. The molecule has 0 aliphatic rings. The van der Waals surface area contributed by atoms with Gasteiger partial charge in [0.05, 0.1) is 6.04 Å². The molecule has 2 aromatic rings. The summed E-state index contributed by atoms with van der Waals surface area (Å²) in [5.41, 5.74) is 17.6. The van der Waals surface area contributed by atoms with E-state index in [2.05, 4.69) is 26.3 Å². The molecule has 18 heteroatoms. The minimum atomic E-state index is -1.51. The number of hydrogen-bond donors (Lipinski definition) is 8. The second-order valence-corrected chi connectivity index (χ2v) is 13.4. The highest BCUT2D eigenvalue weighted by atomic mass is 19.1. The summed E-state index contributed by atoms with van der Waals surface area (Å²) < 4.78 is 13.6. The van der Waals surface area contributed by atoms with Gasteiger partial charge in [-0.1, -0.05) is 56.3 Å². The molecule has 0 saturated heterocycles. The number of guanidine groups is 1. The molecule has 17 nitrogen and oxygen atoms in total. The van der Waals surface area contributed by atoms with Crippen LogP contribution in [-0.2, 0) is 35.2 Å². The number of benzene rings is 2. The van der Waals surface area contributed by atoms with Gasteiger partial charge in [0.25, 0.3) is 11.8 Å². The minimum Gasteiger partial charge on any atom is -0.480 e. The van der Waals surface area contributed by atoms with E-state index in [1.807, 2.05) is 13.8 Å². The van der Waals surface area contributed by atoms with Gasteiger partial charge in [-0.15, -0.1) is 0 Å². The number of nitrogens with two attached hydrogens (primary N) is 3. The average molecular weight is 782 g/mol. The van der Waals surface area contributed by atoms with Gasteiger partial charge >= 0.3 is 12.0 Å². The summed E-state index contributed by atoms with van der Waals surface area (Å²) in [5, 5.41) is 19.4. The lowest BCUT2D eigenvalue weighted by Gasteiger charge is -2.27. The van der Waals surface area contributed by atoms with Crippen LogP contribution in [0.4, 0.5) is 9.18 Å². The third kappa shape index (κ3) is 16.9. The molecule has 11 N–H and O–H groups in total. The third-order valence-corrected chi connectivity index (χ3v) is 8.20. The number of nitrogens with zero attached hydrogens (tertiary/aromatic N) is 2. The molecule has 304 valence electrons. The number of carbonyl (C=O) groups is 7. The van der Waals surface area contributed by atoms with E-state index in [0.717, 1.165) is 25.1 Å². The molecule has 2 rings (SSSR count). The number of carboxylic acid groups (broad SMARTS) is 1. The number of amides is 7. The Morgan fingerprint density at radius 2 is 1.52 bits per heavy atom. The molecule has 0 radical (unpaired) electrons. The van der Waals surface area contributed by atoms with Gasteiger partial charge in [-0.2, -0.15) is 0 Å². The van der Waals surface area contributed by atoms with Gasteiger partial charge in [-0.25, -0.2) is 14.0 Å². The van der Waals surface area contributed by atoms with E-state index in [-0.39, 0.29) is 57.1 Å². The third-order valence-electron chi connectivity index (χ3n) is 8.20. The average Bonchev–Trinajstić information content (AvgIpc) is 3.13. The first-order valence-electron chi connectivity index (χ1n) is 18.0. The van der Waals surface area contributed by atoms with E-state index in [1.54, 1.807) is 30.3 Å². The Hall–Kier alpha value is -6.17. The highest BCUT2D eigenvalue weighted by molar-refractivity contribution is 6.07. The molecule has 0 unspecified atom stereocenters. The topological polar surface area (TPSA) is 282 Å². The molecule has 0 spiro atoms. The molecule has 0 aliphatic heterocycles. The van der Waals surface area contributed by atoms with E-state index >= 15 is 0 Å². The van der Waals surface area contributed by atoms with Gasteiger partial charge in [-0.3, -0.25) is 39.2 Å². The van der Waals surface area contributed by atoms with Gasteiger partial charge in [-0.05, 0) is 67.4 Å². The number of carboxylic acids is 1. The smallest absolute Gasteiger partial charge is 0.326 e. The Morgan fingerprint density at radius 1 is 0.875 bits per heavy atom. The van der Waals surface area contributed by atoms with E-state index in [1.165, 1.54) is 18.2 Å². The van der Waals surface area contributed by atoms with Crippen LogP contribution in [0.2, 0.25) is 0 Å². The maximum absolute atomic E-state index is 13.6. The Bertz CT molecular complexity index is 1720. The van der Waals surface area contributed by atoms with Crippen LogP contribution in [0.3, 0.4) is 0 Å². The molecular formula is C38H52FN9O8. The Morgan fingerprint density at radius 3 is 2.11 bits per heavy atom. The normalized spacial score (nSPS) is 13.1. The molecule has 0 fully saturated rings. The number of imide groups is 2. The number of urea groups is 1. The quantitative estimate of drug-likeness (QED) is 0.0381. The van der Waals surface area contributed by atoms with Crippen molar-refractivity contribution in [2.45, 2.75) is 83.5 Å². The molecule has 4 atom stereocenters. The van der Waals surface area contributed by atoms with Crippen molar-refractivity contribution in [3.8, 4) is 0 Å². The first-order valence-corrected chi connectivity index (χ1v) is 18.0. The van der Waals surface area contributed by atoms with Crippen molar-refractivity contribution in [1.82, 2.24) is 26.2 Å². The Labute approximate surface area is 324 Å². The fourth-order valence-corrected chi connectivity index (χ4v) is 5.39. The van der Waals surface area contributed by atoms with Crippen LogP contribution in [0, 0.1) is 11.7 Å². The summed E-state index contributed by atoms with van der Waals surface area (Å²) in [5.74, 6) is -6.02. The SMILES string of the molecule is CC(=O)N(C(=O)/C=C/c1ccccc1)[C@@H](Cc1ccc(F)cc1)C(=O)NC(=O)NCCC[C@H](NC(=O)[C@H](CC(C)C)NC(=O)[C@@H](N)CCCN=C(N)N)C(=O)O. The van der Waals surface area contributed by atoms with Gasteiger partial charge in [0, 0.05) is 32.5 Å². The number of carbonyl (C=O) groups excluding carboxylic acids is 6. The van der Waals surface area contributed by atoms with E-state index < -0.39 is 71.5 Å². The van der Waals surface area contributed by atoms with Crippen molar-refractivity contribution in [2.75, 3.05) is 13.1 Å². The van der Waals surface area contributed by atoms with Gasteiger partial charge in [0.2, 0.25) is 17.7 Å². The molecule has 2 aromatic carbocycles. The second-order valence-electron chi connectivity index (χ2n) is 13.4. The van der Waals surface area contributed by atoms with Gasteiger partial charge in [0.15, 0.2) is 5.96 Å². The fraction of sp³-hybridized carbons (Fsp3) is 0.421. The van der Waals surface area contributed by atoms with E-state index in [4.69, 9.17) is 17.2 Å². The molecular weight excluding hydrogens is 729 g/mol. The minimum absolute atomic E-state index is 0.0298. The monoisotopic (exact) mass is 781 g/mol. The van der Waals surface area contributed by atoms with Crippen molar-refractivity contribution in [1.29, 1.82) is 0 Å². The van der Waals surface area contributed by atoms with Crippen molar-refractivity contribution in [3.05, 3.63) is 77.6 Å². The van der Waals surface area contributed by atoms with Crippen LogP contribution in [-0.4, -0.2) is 94.8 Å². The lowest BCUT2D eigenvalue weighted by Crippen LogP contribution is -2.55. The van der Waals surface area contributed by atoms with Crippen molar-refractivity contribution in [3.63, 3.8) is 0 Å². The van der Waals surface area contributed by atoms with Crippen LogP contribution in [0.25, 0.3) is 6.08 Å². The number of hydrogen-bond acceptors (Lipinski definition) is 9. The molecule has 0 aliphatic carbocycles. The Kier molecular flexibility index (Phi) is 19.4. The molecule has 56 heavy (non-hydrogen) atoms. The molecule has 0 aromatic heterocycles. The van der Waals surface area contributed by atoms with Crippen molar-refractivity contribution < 1.29 is 43.1 Å². The van der Waals surface area contributed by atoms with Crippen LogP contribution in [0.1, 0.15) is 64.0 Å². The number of nitrogens with one attached hydrogen (secondary N) is 4. The predicted octanol–water partition coefficient (Wildman–Crippen LogP) is 0.913. The molecule has 0 saturated carbocycles. The maximum Gasteiger partial charge on any atom is 0.326 e. The molecule has 0 heterocycles. The highest BCUT2D eigenvalue weighted by Crippen LogP contribution is 2.14. The van der Waals surface area contributed by atoms with Crippen molar-refractivity contribution in [2.24, 2.45) is 28.1 Å². The van der Waals surface area contributed by atoms with Crippen LogP contribution < -0.4 is 38.5 Å². The number of halogens is 1. The number of rotatable bonds is 21. The summed E-state index contributed by atoms with van der Waals surface area (Å²) in [7, 11) is 0. The number of aliphatic imine (C=N–C) groups is 1. The van der Waals surface area contributed by atoms with Crippen LogP contribution >= 0.6 is 0 Å². The molecule has 7 amide bonds. The second kappa shape index (κ2) is 23.6. The first kappa shape index (κ1) is 46.0. The molecule has 0 bridgehead atoms. The lowest BCUT2D eigenvalue weighted by molar-refractivity contribution is -0.148. The predicted molar refractivity (Wildman–Crippen MR) is 207 cm³/mol. The largest absolute Gasteiger partial charge is 0.480 e. The van der Waals surface area contributed by atoms with Crippen LogP contribution in [0.15, 0.2) is 65.7 Å². The summed E-state index contributed by atoms with van der Waals surface area (Å²) in [6, 6.07) is 7.83. The summed E-state index contributed by atoms with van der Waals surface area (Å²) in [6.07, 6.45) is 3.06. The van der Waals surface area contributed by atoms with Gasteiger partial charge < -0.3 is 38.3 Å². The first-order chi connectivity index (χ1) is 26.5. The lowest BCUT2D eigenvalue weighted by atomic mass is 10.0. The Balaban J connectivity index is 2.05. The van der Waals surface area contributed by atoms with E-state index in [0.29, 0.717) is 22.4 Å². The summed E-state index contributed by atoms with van der Waals surface area (Å²) in [4.78, 5) is 94.7. The zero-order valence-corrected chi connectivity index (χ0v) is 31.7.